The van der Waals surface area contributed by atoms with Gasteiger partial charge in [0.2, 0.25) is 5.91 Å². The van der Waals surface area contributed by atoms with Gasteiger partial charge in [0.1, 0.15) is 0 Å². The van der Waals surface area contributed by atoms with Crippen molar-refractivity contribution in [3.8, 4) is 0 Å². The highest BCUT2D eigenvalue weighted by Gasteiger charge is 2.17. The van der Waals surface area contributed by atoms with Gasteiger partial charge in [0.15, 0.2) is 0 Å². The van der Waals surface area contributed by atoms with Crippen LogP contribution in [0.5, 0.6) is 0 Å². The summed E-state index contributed by atoms with van der Waals surface area (Å²) in [6.45, 7) is 3.55. The fourth-order valence-electron chi connectivity index (χ4n) is 2.65. The van der Waals surface area contributed by atoms with Crippen molar-refractivity contribution in [2.75, 3.05) is 31.1 Å². The van der Waals surface area contributed by atoms with Crippen molar-refractivity contribution in [3.63, 3.8) is 0 Å². The third kappa shape index (κ3) is 4.23. The summed E-state index contributed by atoms with van der Waals surface area (Å²) in [6.07, 6.45) is 4.56. The van der Waals surface area contributed by atoms with Crippen LogP contribution in [-0.2, 0) is 11.2 Å². The highest BCUT2D eigenvalue weighted by Crippen LogP contribution is 2.27. The third-order valence-electron chi connectivity index (χ3n) is 3.77. The first-order valence-electron chi connectivity index (χ1n) is 7.61. The smallest absolute Gasteiger partial charge is 0.219 e. The van der Waals surface area contributed by atoms with E-state index >= 15 is 0 Å². The predicted octanol–water partition coefficient (Wildman–Crippen LogP) is 1.68. The van der Waals surface area contributed by atoms with Gasteiger partial charge in [-0.15, -0.1) is 0 Å². The van der Waals surface area contributed by atoms with Crippen LogP contribution in [-0.4, -0.2) is 32.1 Å². The molecule has 0 radical (unpaired) electrons. The number of fused-ring (bicyclic) bond motifs is 1. The van der Waals surface area contributed by atoms with E-state index in [1.165, 1.54) is 11.3 Å². The van der Waals surface area contributed by atoms with Crippen molar-refractivity contribution in [2.24, 2.45) is 5.73 Å². The monoisotopic (exact) mass is 275 g/mol. The Morgan fingerprint density at radius 2 is 2.10 bits per heavy atom. The lowest BCUT2D eigenvalue weighted by molar-refractivity contribution is -0.121. The van der Waals surface area contributed by atoms with E-state index in [-0.39, 0.29) is 5.91 Å². The Bertz CT molecular complexity index is 433. The lowest BCUT2D eigenvalue weighted by Crippen LogP contribution is -2.29. The van der Waals surface area contributed by atoms with E-state index in [1.807, 2.05) is 0 Å². The van der Waals surface area contributed by atoms with Gasteiger partial charge in [-0.2, -0.15) is 0 Å². The SMILES string of the molecule is NCCCCC(=O)NCCCN1CCc2ccccc21. The van der Waals surface area contributed by atoms with Gasteiger partial charge in [-0.3, -0.25) is 4.79 Å². The molecule has 0 unspecified atom stereocenters. The summed E-state index contributed by atoms with van der Waals surface area (Å²) < 4.78 is 0. The van der Waals surface area contributed by atoms with Gasteiger partial charge in [0.25, 0.3) is 0 Å². The molecule has 0 bridgehead atoms. The number of hydrogen-bond donors (Lipinski definition) is 2. The Balaban J connectivity index is 1.61. The Hall–Kier alpha value is -1.55. The van der Waals surface area contributed by atoms with E-state index in [2.05, 4.69) is 34.5 Å². The number of carbonyl (C=O) groups excluding carboxylic acids is 1. The number of benzene rings is 1. The molecule has 1 aromatic rings. The van der Waals surface area contributed by atoms with Crippen LogP contribution >= 0.6 is 0 Å². The third-order valence-corrected chi connectivity index (χ3v) is 3.77. The summed E-state index contributed by atoms with van der Waals surface area (Å²) in [6, 6.07) is 8.59. The van der Waals surface area contributed by atoms with Crippen molar-refractivity contribution in [2.45, 2.75) is 32.1 Å². The molecule has 4 nitrogen and oxygen atoms in total. The molecule has 20 heavy (non-hydrogen) atoms. The lowest BCUT2D eigenvalue weighted by atomic mass is 10.2. The number of anilines is 1. The van der Waals surface area contributed by atoms with Crippen molar-refractivity contribution in [1.82, 2.24) is 5.32 Å². The standard InChI is InChI=1S/C16H25N3O/c17-10-4-3-8-16(20)18-11-5-12-19-13-9-14-6-1-2-7-15(14)19/h1-2,6-7H,3-5,8-13,17H2,(H,18,20). The zero-order valence-corrected chi connectivity index (χ0v) is 12.1. The first-order valence-corrected chi connectivity index (χ1v) is 7.61. The first kappa shape index (κ1) is 14.9. The second kappa shape index (κ2) is 7.90. The van der Waals surface area contributed by atoms with Gasteiger partial charge in [0.05, 0.1) is 0 Å². The number of hydrogen-bond acceptors (Lipinski definition) is 3. The zero-order valence-electron chi connectivity index (χ0n) is 12.1. The molecule has 0 fully saturated rings. The highest BCUT2D eigenvalue weighted by atomic mass is 16.1. The van der Waals surface area contributed by atoms with Crippen molar-refractivity contribution in [3.05, 3.63) is 29.8 Å². The summed E-state index contributed by atoms with van der Waals surface area (Å²) in [5.74, 6) is 0.153. The van der Waals surface area contributed by atoms with Crippen LogP contribution in [0.4, 0.5) is 5.69 Å². The summed E-state index contributed by atoms with van der Waals surface area (Å²) in [5, 5.41) is 2.98. The van der Waals surface area contributed by atoms with Crippen molar-refractivity contribution in [1.29, 1.82) is 0 Å². The van der Waals surface area contributed by atoms with E-state index in [4.69, 9.17) is 5.73 Å². The minimum atomic E-state index is 0.153. The minimum Gasteiger partial charge on any atom is -0.371 e. The van der Waals surface area contributed by atoms with Gasteiger partial charge in [-0.25, -0.2) is 0 Å². The topological polar surface area (TPSA) is 58.4 Å². The molecule has 1 aliphatic rings. The van der Waals surface area contributed by atoms with Crippen LogP contribution in [0, 0.1) is 0 Å². The number of amides is 1. The lowest BCUT2D eigenvalue weighted by Gasteiger charge is -2.19. The van der Waals surface area contributed by atoms with E-state index < -0.39 is 0 Å². The summed E-state index contributed by atoms with van der Waals surface area (Å²) in [4.78, 5) is 14.0. The van der Waals surface area contributed by atoms with Gasteiger partial charge in [-0.05, 0) is 43.9 Å². The number of nitrogens with one attached hydrogen (secondary N) is 1. The minimum absolute atomic E-state index is 0.153. The Morgan fingerprint density at radius 3 is 2.95 bits per heavy atom. The fourth-order valence-corrected chi connectivity index (χ4v) is 2.65. The van der Waals surface area contributed by atoms with E-state index in [0.717, 1.165) is 45.3 Å². The number of rotatable bonds is 8. The number of carbonyl (C=O) groups is 1. The van der Waals surface area contributed by atoms with Gasteiger partial charge in [0, 0.05) is 31.7 Å². The number of nitrogens with two attached hydrogens (primary N) is 1. The molecule has 0 spiro atoms. The summed E-state index contributed by atoms with van der Waals surface area (Å²) >= 11 is 0. The molecule has 3 N–H and O–H groups in total. The van der Waals surface area contributed by atoms with E-state index in [9.17, 15) is 4.79 Å². The molecule has 0 saturated heterocycles. The first-order chi connectivity index (χ1) is 9.81. The van der Waals surface area contributed by atoms with Crippen LogP contribution in [0.15, 0.2) is 24.3 Å². The van der Waals surface area contributed by atoms with Crippen LogP contribution in [0.3, 0.4) is 0 Å². The molecule has 0 atom stereocenters. The van der Waals surface area contributed by atoms with Gasteiger partial charge < -0.3 is 16.0 Å². The molecule has 1 aromatic carbocycles. The fraction of sp³-hybridized carbons (Fsp3) is 0.562. The van der Waals surface area contributed by atoms with E-state index in [1.54, 1.807) is 0 Å². The van der Waals surface area contributed by atoms with Crippen LogP contribution in [0.1, 0.15) is 31.2 Å². The average Bonchev–Trinajstić information content (AvgIpc) is 2.87. The van der Waals surface area contributed by atoms with Crippen LogP contribution in [0.25, 0.3) is 0 Å². The van der Waals surface area contributed by atoms with Gasteiger partial charge in [-0.1, -0.05) is 18.2 Å². The molecule has 0 aromatic heterocycles. The molecule has 1 heterocycles. The average molecular weight is 275 g/mol. The molecule has 0 saturated carbocycles. The quantitative estimate of drug-likeness (QED) is 0.710. The van der Waals surface area contributed by atoms with Crippen molar-refractivity contribution >= 4 is 11.6 Å². The summed E-state index contributed by atoms with van der Waals surface area (Å²) in [7, 11) is 0. The molecular weight excluding hydrogens is 250 g/mol. The maximum Gasteiger partial charge on any atom is 0.219 e. The van der Waals surface area contributed by atoms with Crippen molar-refractivity contribution < 1.29 is 4.79 Å². The maximum atomic E-state index is 11.5. The normalized spacial score (nSPS) is 13.3. The molecule has 110 valence electrons. The number of nitrogens with zero attached hydrogens (tertiary/aromatic N) is 1. The molecule has 0 aliphatic carbocycles. The Kier molecular flexibility index (Phi) is 5.87. The Morgan fingerprint density at radius 1 is 1.25 bits per heavy atom. The molecule has 1 amide bonds. The predicted molar refractivity (Wildman–Crippen MR) is 82.9 cm³/mol. The molecule has 4 heteroatoms. The molecule has 1 aliphatic heterocycles. The highest BCUT2D eigenvalue weighted by molar-refractivity contribution is 5.75. The zero-order chi connectivity index (χ0) is 14.2. The molecule has 2 rings (SSSR count). The number of unbranched alkanes of at least 4 members (excludes halogenated alkanes) is 1. The number of para-hydroxylation sites is 1. The van der Waals surface area contributed by atoms with E-state index in [0.29, 0.717) is 13.0 Å². The van der Waals surface area contributed by atoms with Crippen LogP contribution < -0.4 is 16.0 Å². The second-order valence-corrected chi connectivity index (χ2v) is 5.32. The molecular formula is C16H25N3O. The Labute approximate surface area is 121 Å². The summed E-state index contributed by atoms with van der Waals surface area (Å²) in [5.41, 5.74) is 8.21. The second-order valence-electron chi connectivity index (χ2n) is 5.32. The largest absolute Gasteiger partial charge is 0.371 e. The maximum absolute atomic E-state index is 11.5. The van der Waals surface area contributed by atoms with Gasteiger partial charge >= 0.3 is 0 Å². The van der Waals surface area contributed by atoms with Crippen LogP contribution in [0.2, 0.25) is 0 Å².